The van der Waals surface area contributed by atoms with E-state index in [1.807, 2.05) is 18.2 Å². The van der Waals surface area contributed by atoms with Crippen LogP contribution >= 0.6 is 0 Å². The van der Waals surface area contributed by atoms with E-state index in [2.05, 4.69) is 30.1 Å². The number of methoxy groups -OCH3 is 1. The molecule has 2 N–H and O–H groups in total. The highest BCUT2D eigenvalue weighted by Crippen LogP contribution is 2.30. The van der Waals surface area contributed by atoms with Crippen molar-refractivity contribution >= 4 is 0 Å². The van der Waals surface area contributed by atoms with Crippen molar-refractivity contribution in [3.05, 3.63) is 52.8 Å². The van der Waals surface area contributed by atoms with Crippen molar-refractivity contribution in [1.82, 2.24) is 10.2 Å². The second-order valence-electron chi connectivity index (χ2n) is 4.54. The topological polar surface area (TPSA) is 61.0 Å². The minimum Gasteiger partial charge on any atom is -0.496 e. The molecule has 1 unspecified atom stereocenters. The van der Waals surface area contributed by atoms with Gasteiger partial charge in [-0.1, -0.05) is 6.07 Å². The molecule has 0 aliphatic carbocycles. The Kier molecular flexibility index (Phi) is 4.12. The Morgan fingerprint density at radius 2 is 2.00 bits per heavy atom. The molecule has 0 radical (unpaired) electrons. The zero-order valence-corrected chi connectivity index (χ0v) is 11.6. The number of ether oxygens (including phenoxy) is 1. The van der Waals surface area contributed by atoms with Crippen LogP contribution in [0.3, 0.4) is 0 Å². The fourth-order valence-corrected chi connectivity index (χ4v) is 2.32. The van der Waals surface area contributed by atoms with Crippen LogP contribution in [0.15, 0.2) is 30.5 Å². The molecule has 0 aliphatic rings. The molecule has 2 rings (SSSR count). The Balaban J connectivity index is 2.48. The van der Waals surface area contributed by atoms with Crippen molar-refractivity contribution in [3.63, 3.8) is 0 Å². The van der Waals surface area contributed by atoms with Crippen LogP contribution in [-0.4, -0.2) is 23.9 Å². The SMILES string of the molecule is COc1ccc(C(CN)c2cccnn2)c(C)c1C. The maximum atomic E-state index is 5.93. The van der Waals surface area contributed by atoms with Gasteiger partial charge in [-0.2, -0.15) is 10.2 Å². The Bertz CT molecular complexity index is 555. The van der Waals surface area contributed by atoms with Gasteiger partial charge in [0.25, 0.3) is 0 Å². The molecule has 1 heterocycles. The molecule has 4 heteroatoms. The highest BCUT2D eigenvalue weighted by Gasteiger charge is 2.18. The third kappa shape index (κ3) is 2.58. The molecule has 1 aromatic heterocycles. The Morgan fingerprint density at radius 1 is 1.21 bits per heavy atom. The summed E-state index contributed by atoms with van der Waals surface area (Å²) in [5.74, 6) is 0.967. The molecule has 1 aromatic carbocycles. The molecule has 2 aromatic rings. The van der Waals surface area contributed by atoms with Crippen LogP contribution in [-0.2, 0) is 0 Å². The standard InChI is InChI=1S/C15H19N3O/c1-10-11(2)15(19-3)7-6-12(10)13(9-16)14-5-4-8-17-18-14/h4-8,13H,9,16H2,1-3H3. The molecule has 19 heavy (non-hydrogen) atoms. The average molecular weight is 257 g/mol. The van der Waals surface area contributed by atoms with Crippen LogP contribution in [0, 0.1) is 13.8 Å². The van der Waals surface area contributed by atoms with E-state index in [1.54, 1.807) is 13.3 Å². The number of nitrogens with two attached hydrogens (primary N) is 1. The molecule has 4 nitrogen and oxygen atoms in total. The van der Waals surface area contributed by atoms with Gasteiger partial charge in [0.15, 0.2) is 0 Å². The summed E-state index contributed by atoms with van der Waals surface area (Å²) in [4.78, 5) is 0. The lowest BCUT2D eigenvalue weighted by Gasteiger charge is -2.19. The first-order valence-electron chi connectivity index (χ1n) is 6.30. The first-order valence-corrected chi connectivity index (χ1v) is 6.30. The third-order valence-corrected chi connectivity index (χ3v) is 3.56. The lowest BCUT2D eigenvalue weighted by molar-refractivity contribution is 0.411. The summed E-state index contributed by atoms with van der Waals surface area (Å²) in [5.41, 5.74) is 10.3. The normalized spacial score (nSPS) is 12.2. The Hall–Kier alpha value is -1.94. The third-order valence-electron chi connectivity index (χ3n) is 3.56. The van der Waals surface area contributed by atoms with E-state index < -0.39 is 0 Å². The molecule has 100 valence electrons. The first-order chi connectivity index (χ1) is 9.19. The van der Waals surface area contributed by atoms with Gasteiger partial charge in [0.2, 0.25) is 0 Å². The highest BCUT2D eigenvalue weighted by atomic mass is 16.5. The smallest absolute Gasteiger partial charge is 0.122 e. The van der Waals surface area contributed by atoms with Gasteiger partial charge in [0.1, 0.15) is 5.75 Å². The Morgan fingerprint density at radius 3 is 2.58 bits per heavy atom. The minimum absolute atomic E-state index is 0.0679. The average Bonchev–Trinajstić information content (AvgIpc) is 2.45. The van der Waals surface area contributed by atoms with Crippen molar-refractivity contribution in [2.45, 2.75) is 19.8 Å². The lowest BCUT2D eigenvalue weighted by atomic mass is 9.89. The second kappa shape index (κ2) is 5.80. The summed E-state index contributed by atoms with van der Waals surface area (Å²) in [6.07, 6.45) is 1.67. The summed E-state index contributed by atoms with van der Waals surface area (Å²) in [6, 6.07) is 7.89. The largest absolute Gasteiger partial charge is 0.496 e. The van der Waals surface area contributed by atoms with E-state index in [1.165, 1.54) is 11.1 Å². The number of hydrogen-bond donors (Lipinski definition) is 1. The van der Waals surface area contributed by atoms with Gasteiger partial charge in [-0.25, -0.2) is 0 Å². The maximum Gasteiger partial charge on any atom is 0.122 e. The summed E-state index contributed by atoms with van der Waals surface area (Å²) in [6.45, 7) is 4.65. The van der Waals surface area contributed by atoms with Crippen molar-refractivity contribution in [2.24, 2.45) is 5.73 Å². The van der Waals surface area contributed by atoms with Crippen molar-refractivity contribution < 1.29 is 4.74 Å². The van der Waals surface area contributed by atoms with Gasteiger partial charge >= 0.3 is 0 Å². The fraction of sp³-hybridized carbons (Fsp3) is 0.333. The number of aromatic nitrogens is 2. The summed E-state index contributed by atoms with van der Waals surface area (Å²) >= 11 is 0. The maximum absolute atomic E-state index is 5.93. The molecule has 0 aliphatic heterocycles. The van der Waals surface area contributed by atoms with E-state index in [4.69, 9.17) is 10.5 Å². The lowest BCUT2D eigenvalue weighted by Crippen LogP contribution is -2.17. The second-order valence-corrected chi connectivity index (χ2v) is 4.54. The van der Waals surface area contributed by atoms with Crippen LogP contribution in [0.2, 0.25) is 0 Å². The van der Waals surface area contributed by atoms with Crippen LogP contribution in [0.5, 0.6) is 5.75 Å². The van der Waals surface area contributed by atoms with Crippen LogP contribution in [0.1, 0.15) is 28.3 Å². The molecule has 0 fully saturated rings. The van der Waals surface area contributed by atoms with Gasteiger partial charge in [0.05, 0.1) is 12.8 Å². The van der Waals surface area contributed by atoms with Crippen LogP contribution < -0.4 is 10.5 Å². The fourth-order valence-electron chi connectivity index (χ4n) is 2.32. The monoisotopic (exact) mass is 257 g/mol. The summed E-state index contributed by atoms with van der Waals surface area (Å²) in [5, 5.41) is 8.11. The summed E-state index contributed by atoms with van der Waals surface area (Å²) < 4.78 is 5.34. The molecule has 0 saturated carbocycles. The number of hydrogen-bond acceptors (Lipinski definition) is 4. The zero-order valence-electron chi connectivity index (χ0n) is 11.6. The van der Waals surface area contributed by atoms with E-state index in [0.717, 1.165) is 17.0 Å². The van der Waals surface area contributed by atoms with Crippen LogP contribution in [0.25, 0.3) is 0 Å². The van der Waals surface area contributed by atoms with Crippen LogP contribution in [0.4, 0.5) is 0 Å². The van der Waals surface area contributed by atoms with Crippen molar-refractivity contribution in [2.75, 3.05) is 13.7 Å². The van der Waals surface area contributed by atoms with Crippen molar-refractivity contribution in [3.8, 4) is 5.75 Å². The van der Waals surface area contributed by atoms with Crippen molar-refractivity contribution in [1.29, 1.82) is 0 Å². The molecule has 0 bridgehead atoms. The highest BCUT2D eigenvalue weighted by molar-refractivity contribution is 5.46. The number of rotatable bonds is 4. The summed E-state index contributed by atoms with van der Waals surface area (Å²) in [7, 11) is 1.69. The predicted octanol–water partition coefficient (Wildman–Crippen LogP) is 2.19. The molecule has 0 saturated heterocycles. The van der Waals surface area contributed by atoms with Gasteiger partial charge in [-0.05, 0) is 48.7 Å². The zero-order chi connectivity index (χ0) is 13.8. The predicted molar refractivity (Wildman–Crippen MR) is 75.4 cm³/mol. The molecule has 1 atom stereocenters. The van der Waals surface area contributed by atoms with E-state index in [9.17, 15) is 0 Å². The Labute approximate surface area is 113 Å². The van der Waals surface area contributed by atoms with Gasteiger partial charge in [0, 0.05) is 18.7 Å². The van der Waals surface area contributed by atoms with E-state index >= 15 is 0 Å². The molecular formula is C15H19N3O. The van der Waals surface area contributed by atoms with E-state index in [-0.39, 0.29) is 5.92 Å². The van der Waals surface area contributed by atoms with Gasteiger partial charge in [-0.15, -0.1) is 0 Å². The molecule has 0 amide bonds. The number of nitrogens with zero attached hydrogens (tertiary/aromatic N) is 2. The van der Waals surface area contributed by atoms with Gasteiger partial charge < -0.3 is 10.5 Å². The quantitative estimate of drug-likeness (QED) is 0.912. The van der Waals surface area contributed by atoms with Gasteiger partial charge in [-0.3, -0.25) is 0 Å². The first kappa shape index (κ1) is 13.5. The molecule has 0 spiro atoms. The van der Waals surface area contributed by atoms with E-state index in [0.29, 0.717) is 6.54 Å². The molecular weight excluding hydrogens is 238 g/mol. The number of benzene rings is 1. The minimum atomic E-state index is 0.0679.